The Morgan fingerprint density at radius 2 is 1.69 bits per heavy atom. The molecule has 0 unspecified atom stereocenters. The van der Waals surface area contributed by atoms with E-state index >= 15 is 0 Å². The van der Waals surface area contributed by atoms with Crippen molar-refractivity contribution in [2.24, 2.45) is 0 Å². The number of unbranched alkanes of at least 4 members (excludes halogenated alkanes) is 1. The standard InChI is InChI=1S/C26H35Cl2N3O4S/c1-4-6-16-29-26(33)24(5-2)30(19-20-12-14-21(27)15-13-20)25(32)11-8-17-31(36(3,34)35)23-10-7-9-22(28)18-23/h7,9-10,12-15,18,24H,4-6,8,11,16-17,19H2,1-3H3,(H,29,33)/t24-/m1/s1. The van der Waals surface area contributed by atoms with E-state index in [1.54, 1.807) is 41.3 Å². The molecule has 0 spiro atoms. The molecule has 1 atom stereocenters. The molecule has 2 rings (SSSR count). The minimum absolute atomic E-state index is 0.0823. The van der Waals surface area contributed by atoms with Crippen molar-refractivity contribution in [1.82, 2.24) is 10.2 Å². The topological polar surface area (TPSA) is 86.8 Å². The molecule has 0 aliphatic heterocycles. The number of nitrogens with zero attached hydrogens (tertiary/aromatic N) is 2. The van der Waals surface area contributed by atoms with Crippen LogP contribution in [0.2, 0.25) is 10.0 Å². The van der Waals surface area contributed by atoms with Gasteiger partial charge < -0.3 is 10.2 Å². The average molecular weight is 557 g/mol. The molecule has 10 heteroatoms. The van der Waals surface area contributed by atoms with E-state index in [1.807, 2.05) is 26.0 Å². The third kappa shape index (κ3) is 9.30. The van der Waals surface area contributed by atoms with Gasteiger partial charge >= 0.3 is 0 Å². The van der Waals surface area contributed by atoms with Crippen LogP contribution in [0.4, 0.5) is 5.69 Å². The van der Waals surface area contributed by atoms with E-state index in [9.17, 15) is 18.0 Å². The largest absolute Gasteiger partial charge is 0.354 e. The average Bonchev–Trinajstić information content (AvgIpc) is 2.82. The zero-order chi connectivity index (χ0) is 26.7. The molecule has 0 saturated heterocycles. The Balaban J connectivity index is 2.19. The first kappa shape index (κ1) is 29.9. The van der Waals surface area contributed by atoms with Crippen LogP contribution in [-0.2, 0) is 26.2 Å². The second-order valence-corrected chi connectivity index (χ2v) is 11.4. The fourth-order valence-corrected chi connectivity index (χ4v) is 5.12. The monoisotopic (exact) mass is 555 g/mol. The van der Waals surface area contributed by atoms with Gasteiger partial charge in [0.1, 0.15) is 6.04 Å². The van der Waals surface area contributed by atoms with Crippen LogP contribution in [0.5, 0.6) is 0 Å². The minimum atomic E-state index is -3.58. The highest BCUT2D eigenvalue weighted by Gasteiger charge is 2.28. The predicted octanol–water partition coefficient (Wildman–Crippen LogP) is 5.26. The van der Waals surface area contributed by atoms with E-state index in [1.165, 1.54) is 4.31 Å². The van der Waals surface area contributed by atoms with Crippen LogP contribution in [0.3, 0.4) is 0 Å². The number of nitrogens with one attached hydrogen (secondary N) is 1. The highest BCUT2D eigenvalue weighted by Crippen LogP contribution is 2.23. The van der Waals surface area contributed by atoms with Gasteiger partial charge in [0.2, 0.25) is 21.8 Å². The molecule has 1 N–H and O–H groups in total. The summed E-state index contributed by atoms with van der Waals surface area (Å²) in [6, 6.07) is 13.1. The number of sulfonamides is 1. The zero-order valence-electron chi connectivity index (χ0n) is 21.0. The van der Waals surface area contributed by atoms with Crippen molar-refractivity contribution in [3.05, 3.63) is 64.1 Å². The second kappa shape index (κ2) is 14.4. The maximum atomic E-state index is 13.4. The summed E-state index contributed by atoms with van der Waals surface area (Å²) < 4.78 is 26.1. The first-order valence-electron chi connectivity index (χ1n) is 12.1. The number of carbonyl (C=O) groups excluding carboxylic acids is 2. The third-order valence-corrected chi connectivity index (χ3v) is 7.41. The lowest BCUT2D eigenvalue weighted by atomic mass is 10.1. The van der Waals surface area contributed by atoms with E-state index in [4.69, 9.17) is 23.2 Å². The molecule has 0 bridgehead atoms. The third-order valence-electron chi connectivity index (χ3n) is 5.73. The maximum Gasteiger partial charge on any atom is 0.242 e. The van der Waals surface area contributed by atoms with Crippen molar-refractivity contribution in [2.75, 3.05) is 23.7 Å². The summed E-state index contributed by atoms with van der Waals surface area (Å²) in [5, 5.41) is 3.94. The number of benzene rings is 2. The summed E-state index contributed by atoms with van der Waals surface area (Å²) in [5.41, 5.74) is 1.29. The molecule has 0 fully saturated rings. The molecule has 0 saturated carbocycles. The number of rotatable bonds is 14. The van der Waals surface area contributed by atoms with Gasteiger partial charge in [0.05, 0.1) is 11.9 Å². The number of carbonyl (C=O) groups is 2. The lowest BCUT2D eigenvalue weighted by Gasteiger charge is -2.31. The fraction of sp³-hybridized carbons (Fsp3) is 0.462. The number of halogens is 2. The van der Waals surface area contributed by atoms with Crippen molar-refractivity contribution in [2.45, 2.75) is 58.5 Å². The Morgan fingerprint density at radius 3 is 2.28 bits per heavy atom. The van der Waals surface area contributed by atoms with Crippen LogP contribution < -0.4 is 9.62 Å². The van der Waals surface area contributed by atoms with E-state index in [2.05, 4.69) is 5.32 Å². The number of hydrogen-bond donors (Lipinski definition) is 1. The first-order valence-corrected chi connectivity index (χ1v) is 14.7. The molecule has 198 valence electrons. The van der Waals surface area contributed by atoms with Crippen LogP contribution in [0, 0.1) is 0 Å². The Hall–Kier alpha value is -2.29. The van der Waals surface area contributed by atoms with Crippen LogP contribution >= 0.6 is 23.2 Å². The van der Waals surface area contributed by atoms with Gasteiger partial charge in [-0.1, -0.05) is 61.7 Å². The predicted molar refractivity (Wildman–Crippen MR) is 147 cm³/mol. The van der Waals surface area contributed by atoms with E-state index < -0.39 is 16.1 Å². The summed E-state index contributed by atoms with van der Waals surface area (Å²) in [6.45, 7) is 4.83. The highest BCUT2D eigenvalue weighted by atomic mass is 35.5. The van der Waals surface area contributed by atoms with Crippen LogP contribution in [0.25, 0.3) is 0 Å². The minimum Gasteiger partial charge on any atom is -0.354 e. The molecule has 2 amide bonds. The quantitative estimate of drug-likeness (QED) is 0.322. The van der Waals surface area contributed by atoms with Crippen molar-refractivity contribution >= 4 is 50.7 Å². The van der Waals surface area contributed by atoms with Crippen LogP contribution in [-0.4, -0.2) is 50.5 Å². The second-order valence-electron chi connectivity index (χ2n) is 8.64. The highest BCUT2D eigenvalue weighted by molar-refractivity contribution is 7.92. The SMILES string of the molecule is CCCCNC(=O)[C@@H](CC)N(Cc1ccc(Cl)cc1)C(=O)CCCN(c1cccc(Cl)c1)S(C)(=O)=O. The molecule has 7 nitrogen and oxygen atoms in total. The van der Waals surface area contributed by atoms with Crippen molar-refractivity contribution in [3.8, 4) is 0 Å². The molecule has 0 aliphatic rings. The number of amides is 2. The first-order chi connectivity index (χ1) is 17.1. The molecule has 0 aliphatic carbocycles. The van der Waals surface area contributed by atoms with Gasteiger partial charge in [-0.05, 0) is 55.2 Å². The lowest BCUT2D eigenvalue weighted by molar-refractivity contribution is -0.141. The molecule has 2 aromatic carbocycles. The number of anilines is 1. The summed E-state index contributed by atoms with van der Waals surface area (Å²) in [6.07, 6.45) is 3.75. The molecule has 0 radical (unpaired) electrons. The fourth-order valence-electron chi connectivity index (χ4n) is 3.85. The van der Waals surface area contributed by atoms with E-state index in [-0.39, 0.29) is 37.7 Å². The van der Waals surface area contributed by atoms with E-state index in [0.717, 1.165) is 24.7 Å². The Kier molecular flexibility index (Phi) is 12.0. The molecule has 0 heterocycles. The summed E-state index contributed by atoms with van der Waals surface area (Å²) in [7, 11) is -3.58. The van der Waals surface area contributed by atoms with Gasteiger partial charge in [0.15, 0.2) is 0 Å². The normalized spacial score (nSPS) is 12.1. The van der Waals surface area contributed by atoms with E-state index in [0.29, 0.717) is 28.7 Å². The smallest absolute Gasteiger partial charge is 0.242 e. The maximum absolute atomic E-state index is 13.4. The van der Waals surface area contributed by atoms with Gasteiger partial charge in [-0.25, -0.2) is 8.42 Å². The zero-order valence-corrected chi connectivity index (χ0v) is 23.4. The molecular weight excluding hydrogens is 521 g/mol. The Labute approximate surface area is 224 Å². The lowest BCUT2D eigenvalue weighted by Crippen LogP contribution is -2.49. The van der Waals surface area contributed by atoms with Crippen molar-refractivity contribution < 1.29 is 18.0 Å². The Bertz CT molecular complexity index is 1110. The molecule has 2 aromatic rings. The van der Waals surface area contributed by atoms with Crippen LogP contribution in [0.1, 0.15) is 51.5 Å². The van der Waals surface area contributed by atoms with Crippen molar-refractivity contribution in [3.63, 3.8) is 0 Å². The molecular formula is C26H35Cl2N3O4S. The summed E-state index contributed by atoms with van der Waals surface area (Å²) in [4.78, 5) is 27.9. The summed E-state index contributed by atoms with van der Waals surface area (Å²) >= 11 is 12.1. The van der Waals surface area contributed by atoms with Crippen molar-refractivity contribution in [1.29, 1.82) is 0 Å². The summed E-state index contributed by atoms with van der Waals surface area (Å²) in [5.74, 6) is -0.410. The van der Waals surface area contributed by atoms with Gasteiger partial charge in [0, 0.05) is 36.1 Å². The van der Waals surface area contributed by atoms with Gasteiger partial charge in [-0.2, -0.15) is 0 Å². The van der Waals surface area contributed by atoms with Gasteiger partial charge in [-0.15, -0.1) is 0 Å². The number of hydrogen-bond acceptors (Lipinski definition) is 4. The van der Waals surface area contributed by atoms with Crippen LogP contribution in [0.15, 0.2) is 48.5 Å². The Morgan fingerprint density at radius 1 is 1.00 bits per heavy atom. The van der Waals surface area contributed by atoms with Gasteiger partial charge in [-0.3, -0.25) is 13.9 Å². The van der Waals surface area contributed by atoms with Gasteiger partial charge in [0.25, 0.3) is 0 Å². The molecule has 36 heavy (non-hydrogen) atoms. The molecule has 0 aromatic heterocycles.